The topological polar surface area (TPSA) is 74.3 Å². The van der Waals surface area contributed by atoms with Gasteiger partial charge in [-0.2, -0.15) is 0 Å². The summed E-state index contributed by atoms with van der Waals surface area (Å²) in [5, 5.41) is 5.45. The molecule has 6 nitrogen and oxygen atoms in total. The van der Waals surface area contributed by atoms with Gasteiger partial charge < -0.3 is 10.6 Å². The van der Waals surface area contributed by atoms with Crippen LogP contribution in [0, 0.1) is 5.92 Å². The molecule has 2 amide bonds. The normalized spacial score (nSPS) is 15.3. The molecule has 1 aromatic carbocycles. The summed E-state index contributed by atoms with van der Waals surface area (Å²) in [5.41, 5.74) is 2.91. The van der Waals surface area contributed by atoms with E-state index in [1.165, 1.54) is 5.56 Å². The number of amides is 2. The minimum absolute atomic E-state index is 0.400. The maximum Gasteiger partial charge on any atom is 0.313 e. The average molecular weight is 395 g/mol. The van der Waals surface area contributed by atoms with Crippen LogP contribution in [0.3, 0.4) is 0 Å². The minimum atomic E-state index is -0.616. The maximum absolute atomic E-state index is 12.1. The van der Waals surface area contributed by atoms with Gasteiger partial charge in [0, 0.05) is 25.0 Å². The Bertz CT molecular complexity index is 797. The lowest BCUT2D eigenvalue weighted by molar-refractivity contribution is -0.136. The molecule has 1 aromatic heterocycles. The molecule has 1 aliphatic heterocycles. The number of nitrogens with one attached hydrogen (secondary N) is 2. The van der Waals surface area contributed by atoms with Gasteiger partial charge >= 0.3 is 11.8 Å². The number of aromatic nitrogens is 1. The number of rotatable bonds is 6. The summed E-state index contributed by atoms with van der Waals surface area (Å²) >= 11 is 0. The first-order valence-electron chi connectivity index (χ1n) is 10.3. The second-order valence-corrected chi connectivity index (χ2v) is 7.98. The van der Waals surface area contributed by atoms with Gasteiger partial charge in [0.2, 0.25) is 0 Å². The van der Waals surface area contributed by atoms with Crippen LogP contribution < -0.4 is 10.6 Å². The smallest absolute Gasteiger partial charge is 0.313 e. The van der Waals surface area contributed by atoms with Crippen LogP contribution in [0.4, 0.5) is 5.69 Å². The molecular formula is C23H30N4O2. The Balaban J connectivity index is 1.37. The highest BCUT2D eigenvalue weighted by molar-refractivity contribution is 6.39. The van der Waals surface area contributed by atoms with E-state index >= 15 is 0 Å². The van der Waals surface area contributed by atoms with Gasteiger partial charge in [-0.05, 0) is 67.6 Å². The molecule has 0 aliphatic carbocycles. The molecule has 0 bridgehead atoms. The second kappa shape index (κ2) is 10.2. The van der Waals surface area contributed by atoms with Crippen LogP contribution in [0.5, 0.6) is 0 Å². The summed E-state index contributed by atoms with van der Waals surface area (Å²) in [5.74, 6) is -0.362. The van der Waals surface area contributed by atoms with Crippen LogP contribution in [0.1, 0.15) is 43.9 Å². The lowest BCUT2D eigenvalue weighted by Gasteiger charge is -2.31. The predicted octanol–water partition coefficient (Wildman–Crippen LogP) is 3.17. The standard InChI is InChI=1S/C23H30N4O2/c1-17(2)19-6-8-20(9-7-19)26-23(29)22(28)25-15-18-10-13-27(14-11-18)16-21-5-3-4-12-24-21/h3-9,12,17-18H,10-11,13-16H2,1-2H3,(H,25,28)(H,26,29). The average Bonchev–Trinajstić information content (AvgIpc) is 2.74. The summed E-state index contributed by atoms with van der Waals surface area (Å²) < 4.78 is 0. The van der Waals surface area contributed by atoms with Gasteiger partial charge in [-0.3, -0.25) is 19.5 Å². The Morgan fingerprint density at radius 1 is 1.07 bits per heavy atom. The molecule has 29 heavy (non-hydrogen) atoms. The highest BCUT2D eigenvalue weighted by atomic mass is 16.2. The molecule has 0 unspecified atom stereocenters. The minimum Gasteiger partial charge on any atom is -0.348 e. The Morgan fingerprint density at radius 2 is 1.79 bits per heavy atom. The highest BCUT2D eigenvalue weighted by Crippen LogP contribution is 2.18. The summed E-state index contributed by atoms with van der Waals surface area (Å²) in [6.07, 6.45) is 3.83. The SMILES string of the molecule is CC(C)c1ccc(NC(=O)C(=O)NCC2CCN(Cc3ccccn3)CC2)cc1. The number of benzene rings is 1. The molecule has 1 aliphatic rings. The second-order valence-electron chi connectivity index (χ2n) is 7.98. The third-order valence-corrected chi connectivity index (χ3v) is 5.41. The van der Waals surface area contributed by atoms with Crippen molar-refractivity contribution in [3.05, 3.63) is 59.9 Å². The molecular weight excluding hydrogens is 364 g/mol. The number of hydrogen-bond acceptors (Lipinski definition) is 4. The number of carbonyl (C=O) groups excluding carboxylic acids is 2. The van der Waals surface area contributed by atoms with Gasteiger partial charge in [-0.15, -0.1) is 0 Å². The largest absolute Gasteiger partial charge is 0.348 e. The fourth-order valence-electron chi connectivity index (χ4n) is 3.53. The van der Waals surface area contributed by atoms with Crippen LogP contribution in [0.25, 0.3) is 0 Å². The van der Waals surface area contributed by atoms with Crippen LogP contribution >= 0.6 is 0 Å². The molecule has 1 fully saturated rings. The van der Waals surface area contributed by atoms with E-state index in [9.17, 15) is 9.59 Å². The fourth-order valence-corrected chi connectivity index (χ4v) is 3.53. The van der Waals surface area contributed by atoms with Crippen LogP contribution in [-0.2, 0) is 16.1 Å². The van der Waals surface area contributed by atoms with Crippen molar-refractivity contribution in [2.45, 2.75) is 39.2 Å². The molecule has 2 aromatic rings. The lowest BCUT2D eigenvalue weighted by atomic mass is 9.96. The van der Waals surface area contributed by atoms with Gasteiger partial charge in [0.05, 0.1) is 5.69 Å². The number of nitrogens with zero attached hydrogens (tertiary/aromatic N) is 2. The fraction of sp³-hybridized carbons (Fsp3) is 0.435. The van der Waals surface area contributed by atoms with Gasteiger partial charge in [-0.25, -0.2) is 0 Å². The molecule has 6 heteroatoms. The quantitative estimate of drug-likeness (QED) is 0.738. The lowest BCUT2D eigenvalue weighted by Crippen LogP contribution is -2.41. The number of anilines is 1. The third-order valence-electron chi connectivity index (χ3n) is 5.41. The Morgan fingerprint density at radius 3 is 2.41 bits per heavy atom. The van der Waals surface area contributed by atoms with Gasteiger partial charge in [0.15, 0.2) is 0 Å². The predicted molar refractivity (Wildman–Crippen MR) is 114 cm³/mol. The number of hydrogen-bond donors (Lipinski definition) is 2. The molecule has 0 radical (unpaired) electrons. The molecule has 3 rings (SSSR count). The number of carbonyl (C=O) groups is 2. The molecule has 2 heterocycles. The number of likely N-dealkylation sites (tertiary alicyclic amines) is 1. The first-order valence-corrected chi connectivity index (χ1v) is 10.3. The molecule has 2 N–H and O–H groups in total. The van der Waals surface area contributed by atoms with Crippen molar-refractivity contribution in [2.75, 3.05) is 25.0 Å². The van der Waals surface area contributed by atoms with Gasteiger partial charge in [0.1, 0.15) is 0 Å². The van der Waals surface area contributed by atoms with Crippen molar-refractivity contribution in [3.8, 4) is 0 Å². The Kier molecular flexibility index (Phi) is 7.36. The molecule has 0 atom stereocenters. The van der Waals surface area contributed by atoms with Crippen molar-refractivity contribution in [2.24, 2.45) is 5.92 Å². The first-order chi connectivity index (χ1) is 14.0. The summed E-state index contributed by atoms with van der Waals surface area (Å²) in [6.45, 7) is 7.58. The van der Waals surface area contributed by atoms with E-state index in [-0.39, 0.29) is 0 Å². The van der Waals surface area contributed by atoms with Crippen molar-refractivity contribution in [1.29, 1.82) is 0 Å². The van der Waals surface area contributed by atoms with Crippen LogP contribution in [-0.4, -0.2) is 41.3 Å². The van der Waals surface area contributed by atoms with Gasteiger partial charge in [-0.1, -0.05) is 32.0 Å². The maximum atomic E-state index is 12.1. The molecule has 1 saturated heterocycles. The van der Waals surface area contributed by atoms with E-state index in [1.807, 2.05) is 48.7 Å². The summed E-state index contributed by atoms with van der Waals surface area (Å²) in [6, 6.07) is 13.6. The van der Waals surface area contributed by atoms with Gasteiger partial charge in [0.25, 0.3) is 0 Å². The van der Waals surface area contributed by atoms with Crippen molar-refractivity contribution >= 4 is 17.5 Å². The zero-order valence-corrected chi connectivity index (χ0v) is 17.2. The molecule has 0 spiro atoms. The third kappa shape index (κ3) is 6.39. The number of piperidine rings is 1. The van der Waals surface area contributed by atoms with E-state index < -0.39 is 11.8 Å². The highest BCUT2D eigenvalue weighted by Gasteiger charge is 2.21. The van der Waals surface area contributed by atoms with E-state index in [4.69, 9.17) is 0 Å². The Labute approximate surface area is 172 Å². The van der Waals surface area contributed by atoms with E-state index in [0.29, 0.717) is 24.1 Å². The zero-order valence-electron chi connectivity index (χ0n) is 17.2. The van der Waals surface area contributed by atoms with Crippen molar-refractivity contribution in [3.63, 3.8) is 0 Å². The van der Waals surface area contributed by atoms with Crippen molar-refractivity contribution in [1.82, 2.24) is 15.2 Å². The van der Waals surface area contributed by atoms with E-state index in [1.54, 1.807) is 0 Å². The molecule has 0 saturated carbocycles. The van der Waals surface area contributed by atoms with Crippen LogP contribution in [0.15, 0.2) is 48.7 Å². The monoisotopic (exact) mass is 394 g/mol. The molecule has 154 valence electrons. The number of pyridine rings is 1. The van der Waals surface area contributed by atoms with Crippen molar-refractivity contribution < 1.29 is 9.59 Å². The summed E-state index contributed by atoms with van der Waals surface area (Å²) in [4.78, 5) is 31.0. The summed E-state index contributed by atoms with van der Waals surface area (Å²) in [7, 11) is 0. The first kappa shape index (κ1) is 21.0. The van der Waals surface area contributed by atoms with E-state index in [0.717, 1.165) is 38.2 Å². The zero-order chi connectivity index (χ0) is 20.6. The van der Waals surface area contributed by atoms with E-state index in [2.05, 4.69) is 34.4 Å². The van der Waals surface area contributed by atoms with Crippen LogP contribution in [0.2, 0.25) is 0 Å². The Hall–Kier alpha value is -2.73.